The molecular formula is C15H14O2. The van der Waals surface area contributed by atoms with Crippen molar-refractivity contribution in [2.75, 3.05) is 0 Å². The van der Waals surface area contributed by atoms with Gasteiger partial charge in [0.05, 0.1) is 0 Å². The average molecular weight is 226 g/mol. The molecule has 2 aromatic rings. The van der Waals surface area contributed by atoms with Gasteiger partial charge in [0.25, 0.3) is 0 Å². The number of hydrogen-bond donors (Lipinski definition) is 1. The molecule has 2 rings (SSSR count). The van der Waals surface area contributed by atoms with Gasteiger partial charge in [-0.3, -0.25) is 4.79 Å². The summed E-state index contributed by atoms with van der Waals surface area (Å²) in [5.74, 6) is 0.0749. The maximum Gasteiger partial charge on any atom is 0.170 e. The predicted octanol–water partition coefficient (Wildman–Crippen LogP) is 3.38. The highest BCUT2D eigenvalue weighted by atomic mass is 16.3. The van der Waals surface area contributed by atoms with E-state index in [9.17, 15) is 9.90 Å². The van der Waals surface area contributed by atoms with E-state index in [2.05, 4.69) is 0 Å². The topological polar surface area (TPSA) is 37.3 Å². The second kappa shape index (κ2) is 4.83. The van der Waals surface area contributed by atoms with Crippen LogP contribution in [0.15, 0.2) is 54.6 Å². The van der Waals surface area contributed by atoms with Crippen LogP contribution in [0.25, 0.3) is 0 Å². The van der Waals surface area contributed by atoms with Crippen LogP contribution in [0.5, 0.6) is 5.75 Å². The van der Waals surface area contributed by atoms with E-state index in [1.54, 1.807) is 12.1 Å². The van der Waals surface area contributed by atoms with Crippen LogP contribution < -0.4 is 0 Å². The number of rotatable bonds is 3. The molecule has 0 aliphatic carbocycles. The minimum atomic E-state index is -0.166. The van der Waals surface area contributed by atoms with E-state index in [4.69, 9.17) is 0 Å². The lowest BCUT2D eigenvalue weighted by atomic mass is 9.92. The first-order valence-corrected chi connectivity index (χ1v) is 5.56. The third-order valence-corrected chi connectivity index (χ3v) is 2.84. The molecule has 1 atom stereocenters. The van der Waals surface area contributed by atoms with Crippen LogP contribution in [-0.4, -0.2) is 10.9 Å². The first-order valence-electron chi connectivity index (χ1n) is 5.56. The third kappa shape index (κ3) is 2.53. The lowest BCUT2D eigenvalue weighted by molar-refractivity contribution is 0.0966. The lowest BCUT2D eigenvalue weighted by Gasteiger charge is -2.10. The summed E-state index contributed by atoms with van der Waals surface area (Å²) in [7, 11) is 0. The normalized spacial score (nSPS) is 12.1. The quantitative estimate of drug-likeness (QED) is 0.814. The fourth-order valence-corrected chi connectivity index (χ4v) is 1.77. The zero-order chi connectivity index (χ0) is 12.3. The van der Waals surface area contributed by atoms with Gasteiger partial charge in [0, 0.05) is 11.5 Å². The molecular weight excluding hydrogens is 212 g/mol. The summed E-state index contributed by atoms with van der Waals surface area (Å²) < 4.78 is 0. The van der Waals surface area contributed by atoms with Gasteiger partial charge in [-0.15, -0.1) is 0 Å². The molecule has 0 bridgehead atoms. The number of carbonyl (C=O) groups excluding carboxylic acids is 1. The average Bonchev–Trinajstić information content (AvgIpc) is 2.39. The summed E-state index contributed by atoms with van der Waals surface area (Å²) in [6, 6.07) is 16.0. The van der Waals surface area contributed by atoms with E-state index in [0.717, 1.165) is 5.56 Å². The van der Waals surface area contributed by atoms with Crippen molar-refractivity contribution in [2.24, 2.45) is 0 Å². The van der Waals surface area contributed by atoms with Crippen LogP contribution in [0, 0.1) is 0 Å². The Morgan fingerprint density at radius 2 is 1.59 bits per heavy atom. The van der Waals surface area contributed by atoms with E-state index in [-0.39, 0.29) is 17.5 Å². The maximum absolute atomic E-state index is 12.2. The Balaban J connectivity index is 2.23. The number of aromatic hydroxyl groups is 1. The summed E-state index contributed by atoms with van der Waals surface area (Å²) in [5.41, 5.74) is 1.63. The first kappa shape index (κ1) is 11.4. The van der Waals surface area contributed by atoms with Crippen molar-refractivity contribution in [1.29, 1.82) is 0 Å². The largest absolute Gasteiger partial charge is 0.508 e. The summed E-state index contributed by atoms with van der Waals surface area (Å²) in [5, 5.41) is 9.18. The van der Waals surface area contributed by atoms with Crippen molar-refractivity contribution in [3.8, 4) is 5.75 Å². The minimum Gasteiger partial charge on any atom is -0.508 e. The highest BCUT2D eigenvalue weighted by molar-refractivity contribution is 6.00. The Kier molecular flexibility index (Phi) is 3.24. The molecule has 0 aliphatic heterocycles. The predicted molar refractivity (Wildman–Crippen MR) is 67.3 cm³/mol. The van der Waals surface area contributed by atoms with Crippen molar-refractivity contribution < 1.29 is 9.90 Å². The fourth-order valence-electron chi connectivity index (χ4n) is 1.77. The molecule has 0 amide bonds. The molecule has 0 fully saturated rings. The molecule has 0 saturated carbocycles. The van der Waals surface area contributed by atoms with Crippen LogP contribution in [0.1, 0.15) is 28.8 Å². The Morgan fingerprint density at radius 3 is 2.18 bits per heavy atom. The smallest absolute Gasteiger partial charge is 0.170 e. The van der Waals surface area contributed by atoms with Crippen LogP contribution >= 0.6 is 0 Å². The van der Waals surface area contributed by atoms with Crippen molar-refractivity contribution >= 4 is 5.78 Å². The molecule has 0 spiro atoms. The van der Waals surface area contributed by atoms with Gasteiger partial charge in [0.2, 0.25) is 0 Å². The third-order valence-electron chi connectivity index (χ3n) is 2.84. The monoisotopic (exact) mass is 226 g/mol. The number of phenols is 1. The molecule has 86 valence electrons. The summed E-state index contributed by atoms with van der Waals surface area (Å²) in [4.78, 5) is 12.2. The second-order valence-corrected chi connectivity index (χ2v) is 4.04. The Morgan fingerprint density at radius 1 is 1.00 bits per heavy atom. The first-order chi connectivity index (χ1) is 8.18. The molecule has 2 heteroatoms. The van der Waals surface area contributed by atoms with Gasteiger partial charge < -0.3 is 5.11 Å². The molecule has 2 nitrogen and oxygen atoms in total. The molecule has 0 aliphatic rings. The summed E-state index contributed by atoms with van der Waals surface area (Å²) in [6.45, 7) is 1.89. The van der Waals surface area contributed by atoms with Crippen LogP contribution in [0.2, 0.25) is 0 Å². The number of ketones is 1. The van der Waals surface area contributed by atoms with Gasteiger partial charge >= 0.3 is 0 Å². The van der Waals surface area contributed by atoms with Gasteiger partial charge in [-0.1, -0.05) is 37.3 Å². The van der Waals surface area contributed by atoms with Crippen LogP contribution in [0.3, 0.4) is 0 Å². The number of hydrogen-bond acceptors (Lipinski definition) is 2. The fraction of sp³-hybridized carbons (Fsp3) is 0.133. The van der Waals surface area contributed by atoms with Gasteiger partial charge in [0.1, 0.15) is 5.75 Å². The van der Waals surface area contributed by atoms with Crippen molar-refractivity contribution in [2.45, 2.75) is 12.8 Å². The van der Waals surface area contributed by atoms with Crippen LogP contribution in [0.4, 0.5) is 0 Å². The van der Waals surface area contributed by atoms with Crippen LogP contribution in [-0.2, 0) is 0 Å². The van der Waals surface area contributed by atoms with E-state index >= 15 is 0 Å². The van der Waals surface area contributed by atoms with Gasteiger partial charge in [-0.05, 0) is 29.8 Å². The second-order valence-electron chi connectivity index (χ2n) is 4.04. The van der Waals surface area contributed by atoms with Gasteiger partial charge in [-0.2, -0.15) is 0 Å². The van der Waals surface area contributed by atoms with E-state index < -0.39 is 0 Å². The standard InChI is InChI=1S/C15H14O2/c1-11(12-5-3-2-4-6-12)15(17)13-7-9-14(16)10-8-13/h2-11,16H,1H3. The maximum atomic E-state index is 12.2. The highest BCUT2D eigenvalue weighted by Crippen LogP contribution is 2.21. The molecule has 0 aromatic heterocycles. The zero-order valence-electron chi connectivity index (χ0n) is 9.63. The number of carbonyl (C=O) groups is 1. The SMILES string of the molecule is CC(C(=O)c1ccc(O)cc1)c1ccccc1. The molecule has 1 unspecified atom stereocenters. The Labute approximate surface area is 101 Å². The summed E-state index contributed by atoms with van der Waals surface area (Å²) in [6.07, 6.45) is 0. The van der Waals surface area contributed by atoms with Crippen molar-refractivity contribution in [3.63, 3.8) is 0 Å². The zero-order valence-corrected chi connectivity index (χ0v) is 9.63. The molecule has 17 heavy (non-hydrogen) atoms. The Hall–Kier alpha value is -2.09. The molecule has 0 heterocycles. The number of benzene rings is 2. The summed E-state index contributed by atoms with van der Waals surface area (Å²) >= 11 is 0. The van der Waals surface area contributed by atoms with E-state index in [0.29, 0.717) is 5.56 Å². The van der Waals surface area contributed by atoms with Gasteiger partial charge in [0.15, 0.2) is 5.78 Å². The molecule has 0 saturated heterocycles. The molecule has 2 aromatic carbocycles. The van der Waals surface area contributed by atoms with Gasteiger partial charge in [-0.25, -0.2) is 0 Å². The highest BCUT2D eigenvalue weighted by Gasteiger charge is 2.16. The molecule has 1 N–H and O–H groups in total. The number of phenolic OH excluding ortho intramolecular Hbond substituents is 1. The molecule has 0 radical (unpaired) electrons. The Bertz CT molecular complexity index is 500. The van der Waals surface area contributed by atoms with E-state index in [1.807, 2.05) is 37.3 Å². The minimum absolute atomic E-state index is 0.0659. The van der Waals surface area contributed by atoms with E-state index in [1.165, 1.54) is 12.1 Å². The number of Topliss-reactive ketones (excluding diaryl/α,β-unsaturated/α-hetero) is 1. The lowest BCUT2D eigenvalue weighted by Crippen LogP contribution is -2.09. The van der Waals surface area contributed by atoms with Crippen molar-refractivity contribution in [3.05, 3.63) is 65.7 Å². The van der Waals surface area contributed by atoms with Crippen molar-refractivity contribution in [1.82, 2.24) is 0 Å².